The fraction of sp³-hybridized carbons (Fsp3) is 0. The zero-order valence-corrected chi connectivity index (χ0v) is 7.97. The third-order valence-electron chi connectivity index (χ3n) is 1.40. The Bertz CT molecular complexity index is 401. The second-order valence-electron chi connectivity index (χ2n) is 2.20. The van der Waals surface area contributed by atoms with E-state index in [9.17, 15) is 4.39 Å². The molecular formula is C7H2Cl2FNS. The maximum atomic E-state index is 12.9. The van der Waals surface area contributed by atoms with Crippen LogP contribution >= 0.6 is 34.5 Å². The molecule has 0 aliphatic rings. The monoisotopic (exact) mass is 221 g/mol. The van der Waals surface area contributed by atoms with E-state index in [-0.39, 0.29) is 5.02 Å². The lowest BCUT2D eigenvalue weighted by Crippen LogP contribution is -1.75. The first-order chi connectivity index (χ1) is 5.66. The molecule has 1 nitrogen and oxygen atoms in total. The van der Waals surface area contributed by atoms with Gasteiger partial charge in [-0.15, -0.1) is 11.3 Å². The van der Waals surface area contributed by atoms with E-state index in [0.717, 1.165) is 0 Å². The van der Waals surface area contributed by atoms with E-state index < -0.39 is 5.82 Å². The Morgan fingerprint density at radius 2 is 2.08 bits per heavy atom. The fourth-order valence-electron chi connectivity index (χ4n) is 0.895. The van der Waals surface area contributed by atoms with Crippen LogP contribution < -0.4 is 0 Å². The SMILES string of the molecule is Fc1cc2sc(Cl)nc2cc1Cl. The van der Waals surface area contributed by atoms with E-state index in [1.165, 1.54) is 23.5 Å². The predicted molar refractivity (Wildman–Crippen MR) is 49.6 cm³/mol. The van der Waals surface area contributed by atoms with E-state index in [2.05, 4.69) is 4.98 Å². The van der Waals surface area contributed by atoms with Crippen molar-refractivity contribution in [2.75, 3.05) is 0 Å². The number of rotatable bonds is 0. The van der Waals surface area contributed by atoms with Crippen molar-refractivity contribution in [1.82, 2.24) is 4.98 Å². The van der Waals surface area contributed by atoms with Crippen LogP contribution in [0.5, 0.6) is 0 Å². The van der Waals surface area contributed by atoms with E-state index >= 15 is 0 Å². The smallest absolute Gasteiger partial charge is 0.184 e. The van der Waals surface area contributed by atoms with Gasteiger partial charge in [0, 0.05) is 0 Å². The quantitative estimate of drug-likeness (QED) is 0.661. The lowest BCUT2D eigenvalue weighted by atomic mass is 10.3. The molecule has 12 heavy (non-hydrogen) atoms. The van der Waals surface area contributed by atoms with Crippen molar-refractivity contribution in [2.24, 2.45) is 0 Å². The Labute approximate surface area is 81.7 Å². The Morgan fingerprint density at radius 3 is 2.83 bits per heavy atom. The van der Waals surface area contributed by atoms with Crippen molar-refractivity contribution in [3.63, 3.8) is 0 Å². The Hall–Kier alpha value is -0.380. The van der Waals surface area contributed by atoms with E-state index in [0.29, 0.717) is 14.7 Å². The summed E-state index contributed by atoms with van der Waals surface area (Å²) in [5.41, 5.74) is 0.636. The predicted octanol–water partition coefficient (Wildman–Crippen LogP) is 3.74. The average molecular weight is 222 g/mol. The zero-order chi connectivity index (χ0) is 8.72. The van der Waals surface area contributed by atoms with Gasteiger partial charge in [-0.2, -0.15) is 0 Å². The molecule has 0 aliphatic carbocycles. The van der Waals surface area contributed by atoms with Crippen LogP contribution in [0.3, 0.4) is 0 Å². The minimum atomic E-state index is -0.440. The van der Waals surface area contributed by atoms with Gasteiger partial charge in [0.2, 0.25) is 0 Å². The molecule has 1 heterocycles. The first kappa shape index (κ1) is 8.23. The number of hydrogen-bond donors (Lipinski definition) is 0. The minimum absolute atomic E-state index is 0.0736. The summed E-state index contributed by atoms with van der Waals surface area (Å²) >= 11 is 12.4. The number of thiazole rings is 1. The Balaban J connectivity index is 2.83. The molecule has 62 valence electrons. The van der Waals surface area contributed by atoms with Crippen LogP contribution in [0.1, 0.15) is 0 Å². The summed E-state index contributed by atoms with van der Waals surface area (Å²) in [5, 5.41) is 0.0736. The highest BCUT2D eigenvalue weighted by Gasteiger charge is 2.06. The molecule has 5 heteroatoms. The van der Waals surface area contributed by atoms with Crippen LogP contribution in [0.4, 0.5) is 4.39 Å². The summed E-state index contributed by atoms with van der Waals surface area (Å²) in [6.45, 7) is 0. The summed E-state index contributed by atoms with van der Waals surface area (Å²) in [5.74, 6) is -0.440. The fourth-order valence-corrected chi connectivity index (χ4v) is 2.09. The third-order valence-corrected chi connectivity index (χ3v) is 2.82. The van der Waals surface area contributed by atoms with Crippen LogP contribution in [0, 0.1) is 5.82 Å². The topological polar surface area (TPSA) is 12.9 Å². The third kappa shape index (κ3) is 1.28. The molecule has 0 radical (unpaired) electrons. The van der Waals surface area contributed by atoms with Gasteiger partial charge in [0.15, 0.2) is 4.47 Å². The van der Waals surface area contributed by atoms with Gasteiger partial charge in [-0.1, -0.05) is 23.2 Å². The molecule has 1 aromatic heterocycles. The molecule has 0 aliphatic heterocycles. The van der Waals surface area contributed by atoms with Gasteiger partial charge in [0.1, 0.15) is 5.82 Å². The van der Waals surface area contributed by atoms with Crippen molar-refractivity contribution in [1.29, 1.82) is 0 Å². The van der Waals surface area contributed by atoms with Gasteiger partial charge in [0.05, 0.1) is 15.2 Å². The normalized spacial score (nSPS) is 10.9. The largest absolute Gasteiger partial charge is 0.225 e. The van der Waals surface area contributed by atoms with Crippen molar-refractivity contribution < 1.29 is 4.39 Å². The summed E-state index contributed by atoms with van der Waals surface area (Å²) < 4.78 is 14.0. The molecular weight excluding hydrogens is 220 g/mol. The number of fused-ring (bicyclic) bond motifs is 1. The minimum Gasteiger partial charge on any atom is -0.225 e. The molecule has 0 unspecified atom stereocenters. The molecule has 0 bridgehead atoms. The first-order valence-corrected chi connectivity index (χ1v) is 4.65. The lowest BCUT2D eigenvalue weighted by molar-refractivity contribution is 0.630. The molecule has 0 amide bonds. The Morgan fingerprint density at radius 1 is 1.33 bits per heavy atom. The summed E-state index contributed by atoms with van der Waals surface area (Å²) in [6, 6.07) is 2.80. The van der Waals surface area contributed by atoms with Gasteiger partial charge >= 0.3 is 0 Å². The van der Waals surface area contributed by atoms with Crippen molar-refractivity contribution in [2.45, 2.75) is 0 Å². The zero-order valence-electron chi connectivity index (χ0n) is 5.64. The summed E-state index contributed by atoms with van der Waals surface area (Å²) in [6.07, 6.45) is 0. The van der Waals surface area contributed by atoms with Gasteiger partial charge in [-0.3, -0.25) is 0 Å². The van der Waals surface area contributed by atoms with E-state index in [4.69, 9.17) is 23.2 Å². The van der Waals surface area contributed by atoms with Gasteiger partial charge in [-0.05, 0) is 12.1 Å². The van der Waals surface area contributed by atoms with E-state index in [1.54, 1.807) is 0 Å². The molecule has 1 aromatic carbocycles. The van der Waals surface area contributed by atoms with Crippen LogP contribution in [0.2, 0.25) is 9.49 Å². The van der Waals surface area contributed by atoms with Crippen molar-refractivity contribution >= 4 is 44.8 Å². The number of nitrogens with zero attached hydrogens (tertiary/aromatic N) is 1. The molecule has 0 fully saturated rings. The molecule has 0 N–H and O–H groups in total. The lowest BCUT2D eigenvalue weighted by Gasteiger charge is -1.91. The van der Waals surface area contributed by atoms with Crippen LogP contribution in [0.15, 0.2) is 12.1 Å². The van der Waals surface area contributed by atoms with Crippen LogP contribution in [-0.4, -0.2) is 4.98 Å². The second-order valence-corrected chi connectivity index (χ2v) is 4.22. The molecule has 0 saturated heterocycles. The second kappa shape index (κ2) is 2.83. The number of benzene rings is 1. The Kier molecular flexibility index (Phi) is 1.94. The standard InChI is InChI=1S/C7H2Cl2FNS/c8-3-1-5-6(2-4(3)10)12-7(9)11-5/h1-2H. The molecule has 2 rings (SSSR count). The van der Waals surface area contributed by atoms with Crippen molar-refractivity contribution in [3.05, 3.63) is 27.4 Å². The molecule has 2 aromatic rings. The summed E-state index contributed by atoms with van der Waals surface area (Å²) in [7, 11) is 0. The van der Waals surface area contributed by atoms with Gasteiger partial charge < -0.3 is 0 Å². The molecule has 0 atom stereocenters. The van der Waals surface area contributed by atoms with Crippen LogP contribution in [0.25, 0.3) is 10.2 Å². The van der Waals surface area contributed by atoms with Gasteiger partial charge in [0.25, 0.3) is 0 Å². The number of halogens is 3. The maximum Gasteiger partial charge on any atom is 0.184 e. The highest BCUT2D eigenvalue weighted by Crippen LogP contribution is 2.29. The van der Waals surface area contributed by atoms with Gasteiger partial charge in [-0.25, -0.2) is 9.37 Å². The number of aromatic nitrogens is 1. The summed E-state index contributed by atoms with van der Waals surface area (Å²) in [4.78, 5) is 3.95. The van der Waals surface area contributed by atoms with Crippen molar-refractivity contribution in [3.8, 4) is 0 Å². The first-order valence-electron chi connectivity index (χ1n) is 3.08. The molecule has 0 spiro atoms. The highest BCUT2D eigenvalue weighted by atomic mass is 35.5. The average Bonchev–Trinajstić information content (AvgIpc) is 2.30. The van der Waals surface area contributed by atoms with Crippen LogP contribution in [-0.2, 0) is 0 Å². The number of hydrogen-bond acceptors (Lipinski definition) is 2. The molecule has 0 saturated carbocycles. The maximum absolute atomic E-state index is 12.9. The highest BCUT2D eigenvalue weighted by molar-refractivity contribution is 7.22. The van der Waals surface area contributed by atoms with E-state index in [1.807, 2.05) is 0 Å².